The number of hydrogen-bond donors (Lipinski definition) is 1. The molecular weight excluding hydrogens is 256 g/mol. The van der Waals surface area contributed by atoms with Crippen molar-refractivity contribution in [2.75, 3.05) is 13.1 Å². The maximum Gasteiger partial charge on any atom is 0.169 e. The molecule has 2 fully saturated rings. The molecule has 0 aromatic carbocycles. The Morgan fingerprint density at radius 1 is 1.32 bits per heavy atom. The van der Waals surface area contributed by atoms with Crippen molar-refractivity contribution in [1.29, 1.82) is 0 Å². The van der Waals surface area contributed by atoms with E-state index in [1.54, 1.807) is 6.26 Å². The van der Waals surface area contributed by atoms with Crippen molar-refractivity contribution in [3.8, 4) is 0 Å². The van der Waals surface area contributed by atoms with Crippen LogP contribution >= 0.6 is 12.2 Å². The SMILES string of the molecule is S=C(NCc1ccco1)N1CC[C@H]2CCCC[C@@H]2C1. The first-order chi connectivity index (χ1) is 9.33. The van der Waals surface area contributed by atoms with Gasteiger partial charge in [0, 0.05) is 13.1 Å². The molecule has 1 aliphatic carbocycles. The molecule has 1 aromatic heterocycles. The number of rotatable bonds is 2. The van der Waals surface area contributed by atoms with Crippen molar-refractivity contribution in [3.05, 3.63) is 24.2 Å². The molecule has 1 aliphatic heterocycles. The molecule has 1 saturated carbocycles. The topological polar surface area (TPSA) is 28.4 Å². The van der Waals surface area contributed by atoms with E-state index >= 15 is 0 Å². The Balaban J connectivity index is 1.50. The molecule has 3 rings (SSSR count). The van der Waals surface area contributed by atoms with Gasteiger partial charge in [0.15, 0.2) is 5.11 Å². The second-order valence-electron chi connectivity index (χ2n) is 5.78. The van der Waals surface area contributed by atoms with Gasteiger partial charge in [0.05, 0.1) is 12.8 Å². The highest BCUT2D eigenvalue weighted by atomic mass is 32.1. The number of fused-ring (bicyclic) bond motifs is 1. The van der Waals surface area contributed by atoms with E-state index in [0.717, 1.165) is 35.8 Å². The summed E-state index contributed by atoms with van der Waals surface area (Å²) in [6.07, 6.45) is 8.68. The molecule has 19 heavy (non-hydrogen) atoms. The van der Waals surface area contributed by atoms with Crippen LogP contribution in [0.5, 0.6) is 0 Å². The van der Waals surface area contributed by atoms with Crippen LogP contribution in [0.1, 0.15) is 37.9 Å². The summed E-state index contributed by atoms with van der Waals surface area (Å²) in [5.74, 6) is 2.76. The van der Waals surface area contributed by atoms with E-state index in [1.807, 2.05) is 12.1 Å². The minimum absolute atomic E-state index is 0.691. The minimum atomic E-state index is 0.691. The van der Waals surface area contributed by atoms with Crippen molar-refractivity contribution in [1.82, 2.24) is 10.2 Å². The fraction of sp³-hybridized carbons (Fsp3) is 0.667. The molecule has 4 heteroatoms. The van der Waals surface area contributed by atoms with Crippen LogP contribution < -0.4 is 5.32 Å². The second-order valence-corrected chi connectivity index (χ2v) is 6.16. The third kappa shape index (κ3) is 3.11. The molecule has 1 aromatic rings. The number of hydrogen-bond acceptors (Lipinski definition) is 2. The van der Waals surface area contributed by atoms with Gasteiger partial charge in [0.1, 0.15) is 5.76 Å². The van der Waals surface area contributed by atoms with Gasteiger partial charge in [-0.05, 0) is 49.0 Å². The van der Waals surface area contributed by atoms with Crippen LogP contribution in [-0.2, 0) is 6.54 Å². The summed E-state index contributed by atoms with van der Waals surface area (Å²) >= 11 is 5.51. The molecule has 1 saturated heterocycles. The molecule has 3 nitrogen and oxygen atoms in total. The van der Waals surface area contributed by atoms with E-state index in [4.69, 9.17) is 16.6 Å². The quantitative estimate of drug-likeness (QED) is 0.841. The number of furan rings is 1. The van der Waals surface area contributed by atoms with E-state index in [1.165, 1.54) is 32.1 Å². The summed E-state index contributed by atoms with van der Waals surface area (Å²) < 4.78 is 5.32. The van der Waals surface area contributed by atoms with Crippen molar-refractivity contribution in [3.63, 3.8) is 0 Å². The highest BCUT2D eigenvalue weighted by Crippen LogP contribution is 2.35. The monoisotopic (exact) mass is 278 g/mol. The van der Waals surface area contributed by atoms with Crippen LogP contribution in [0.2, 0.25) is 0 Å². The molecule has 0 bridgehead atoms. The standard InChI is InChI=1S/C15H22N2OS/c19-15(16-10-14-6-3-9-18-14)17-8-7-12-4-1-2-5-13(12)11-17/h3,6,9,12-13H,1-2,4-5,7-8,10-11H2,(H,16,19)/t12-,13-/m1/s1. The Labute approximate surface area is 120 Å². The maximum atomic E-state index is 5.51. The molecular formula is C15H22N2OS. The Morgan fingerprint density at radius 2 is 2.16 bits per heavy atom. The number of thiocarbonyl (C=S) groups is 1. The van der Waals surface area contributed by atoms with E-state index < -0.39 is 0 Å². The Bertz CT molecular complexity index is 418. The molecule has 0 spiro atoms. The van der Waals surface area contributed by atoms with Gasteiger partial charge in [0.25, 0.3) is 0 Å². The average Bonchev–Trinajstić information content (AvgIpc) is 2.97. The summed E-state index contributed by atoms with van der Waals surface area (Å²) in [5.41, 5.74) is 0. The second kappa shape index (κ2) is 5.95. The third-order valence-electron chi connectivity index (χ3n) is 4.57. The van der Waals surface area contributed by atoms with Gasteiger partial charge in [-0.2, -0.15) is 0 Å². The summed E-state index contributed by atoms with van der Waals surface area (Å²) in [7, 11) is 0. The maximum absolute atomic E-state index is 5.51. The fourth-order valence-electron chi connectivity index (χ4n) is 3.47. The number of nitrogens with one attached hydrogen (secondary N) is 1. The third-order valence-corrected chi connectivity index (χ3v) is 4.97. The zero-order valence-electron chi connectivity index (χ0n) is 11.3. The Hall–Kier alpha value is -1.03. The zero-order valence-corrected chi connectivity index (χ0v) is 12.1. The zero-order chi connectivity index (χ0) is 13.1. The van der Waals surface area contributed by atoms with Crippen LogP contribution in [-0.4, -0.2) is 23.1 Å². The lowest BCUT2D eigenvalue weighted by molar-refractivity contribution is 0.129. The van der Waals surface area contributed by atoms with Crippen molar-refractivity contribution >= 4 is 17.3 Å². The number of likely N-dealkylation sites (tertiary alicyclic amines) is 1. The van der Waals surface area contributed by atoms with Crippen molar-refractivity contribution in [2.45, 2.75) is 38.6 Å². The van der Waals surface area contributed by atoms with E-state index in [9.17, 15) is 0 Å². The van der Waals surface area contributed by atoms with E-state index in [0.29, 0.717) is 6.54 Å². The highest BCUT2D eigenvalue weighted by molar-refractivity contribution is 7.80. The molecule has 104 valence electrons. The highest BCUT2D eigenvalue weighted by Gasteiger charge is 2.31. The molecule has 2 atom stereocenters. The van der Waals surface area contributed by atoms with E-state index in [2.05, 4.69) is 10.2 Å². The van der Waals surface area contributed by atoms with Crippen LogP contribution in [0.15, 0.2) is 22.8 Å². The molecule has 0 amide bonds. The summed E-state index contributed by atoms with van der Waals surface area (Å²) in [6.45, 7) is 2.95. The first-order valence-corrected chi connectivity index (χ1v) is 7.79. The van der Waals surface area contributed by atoms with Crippen LogP contribution in [0, 0.1) is 11.8 Å². The molecule has 2 heterocycles. The fourth-order valence-corrected chi connectivity index (χ4v) is 3.71. The largest absolute Gasteiger partial charge is 0.467 e. The first kappa shape index (κ1) is 13.0. The van der Waals surface area contributed by atoms with Gasteiger partial charge < -0.3 is 14.6 Å². The van der Waals surface area contributed by atoms with Gasteiger partial charge in [-0.25, -0.2) is 0 Å². The molecule has 2 aliphatic rings. The predicted molar refractivity (Wildman–Crippen MR) is 79.8 cm³/mol. The van der Waals surface area contributed by atoms with E-state index in [-0.39, 0.29) is 0 Å². The lowest BCUT2D eigenvalue weighted by Crippen LogP contribution is -2.48. The lowest BCUT2D eigenvalue weighted by Gasteiger charge is -2.42. The predicted octanol–water partition coefficient (Wildman–Crippen LogP) is 3.17. The normalized spacial score (nSPS) is 26.8. The van der Waals surface area contributed by atoms with Crippen molar-refractivity contribution in [2.24, 2.45) is 11.8 Å². The molecule has 0 unspecified atom stereocenters. The lowest BCUT2D eigenvalue weighted by atomic mass is 9.75. The smallest absolute Gasteiger partial charge is 0.169 e. The van der Waals surface area contributed by atoms with Gasteiger partial charge >= 0.3 is 0 Å². The molecule has 0 radical (unpaired) electrons. The Kier molecular flexibility index (Phi) is 4.06. The van der Waals surface area contributed by atoms with Crippen LogP contribution in [0.3, 0.4) is 0 Å². The van der Waals surface area contributed by atoms with Gasteiger partial charge in [-0.3, -0.25) is 0 Å². The molecule has 1 N–H and O–H groups in total. The average molecular weight is 278 g/mol. The summed E-state index contributed by atoms with van der Waals surface area (Å²) in [6, 6.07) is 3.89. The minimum Gasteiger partial charge on any atom is -0.467 e. The van der Waals surface area contributed by atoms with Crippen LogP contribution in [0.25, 0.3) is 0 Å². The summed E-state index contributed by atoms with van der Waals surface area (Å²) in [5, 5.41) is 4.20. The van der Waals surface area contributed by atoms with Crippen molar-refractivity contribution < 1.29 is 4.42 Å². The number of nitrogens with zero attached hydrogens (tertiary/aromatic N) is 1. The van der Waals surface area contributed by atoms with Gasteiger partial charge in [-0.1, -0.05) is 19.3 Å². The number of piperidine rings is 1. The van der Waals surface area contributed by atoms with Crippen LogP contribution in [0.4, 0.5) is 0 Å². The van der Waals surface area contributed by atoms with Gasteiger partial charge in [-0.15, -0.1) is 0 Å². The van der Waals surface area contributed by atoms with Gasteiger partial charge in [0.2, 0.25) is 0 Å². The first-order valence-electron chi connectivity index (χ1n) is 7.38. The summed E-state index contributed by atoms with van der Waals surface area (Å²) in [4.78, 5) is 2.35. The Morgan fingerprint density at radius 3 is 2.95 bits per heavy atom.